The molecule has 3 aliphatic carbocycles. The predicted octanol–water partition coefficient (Wildman–Crippen LogP) is 22.5. The first kappa shape index (κ1) is 53.7. The van der Waals surface area contributed by atoms with Gasteiger partial charge < -0.3 is 4.90 Å². The highest BCUT2D eigenvalue weighted by Gasteiger charge is 2.58. The van der Waals surface area contributed by atoms with Crippen LogP contribution in [-0.2, 0) is 32.5 Å². The molecular weight excluding hydrogens is 1010 g/mol. The van der Waals surface area contributed by atoms with Crippen LogP contribution < -0.4 is 4.90 Å². The molecule has 14 rings (SSSR count). The van der Waals surface area contributed by atoms with Crippen molar-refractivity contribution in [3.05, 3.63) is 291 Å². The highest BCUT2D eigenvalue weighted by atomic mass is 15.1. The summed E-state index contributed by atoms with van der Waals surface area (Å²) in [4.78, 5) is 2.62. The Bertz CT molecular complexity index is 4280. The van der Waals surface area contributed by atoms with E-state index in [-0.39, 0.29) is 27.6 Å². The van der Waals surface area contributed by atoms with Gasteiger partial charge in [0.15, 0.2) is 0 Å². The molecule has 1 heteroatoms. The molecule has 1 nitrogen and oxygen atoms in total. The van der Waals surface area contributed by atoms with Crippen LogP contribution in [0.1, 0.15) is 175 Å². The molecule has 0 unspecified atom stereocenters. The summed E-state index contributed by atoms with van der Waals surface area (Å²) in [6, 6.07) is 85.7. The second-order valence-electron chi connectivity index (χ2n) is 29.3. The Balaban J connectivity index is 1.13. The minimum absolute atomic E-state index is 0.0139. The summed E-state index contributed by atoms with van der Waals surface area (Å²) < 4.78 is 0. The fourth-order valence-electron chi connectivity index (χ4n) is 15.2. The first-order valence-corrected chi connectivity index (χ1v) is 30.7. The zero-order chi connectivity index (χ0) is 58.6. The lowest BCUT2D eigenvalue weighted by atomic mass is 9.65. The highest BCUT2D eigenvalue weighted by Crippen LogP contribution is 2.71. The number of anilines is 3. The Kier molecular flexibility index (Phi) is 11.9. The van der Waals surface area contributed by atoms with Gasteiger partial charge in [0.25, 0.3) is 0 Å². The Morgan fingerprint density at radius 2 is 0.690 bits per heavy atom. The Morgan fingerprint density at radius 3 is 1.15 bits per heavy atom. The minimum atomic E-state index is -0.687. The van der Waals surface area contributed by atoms with Crippen molar-refractivity contribution in [3.8, 4) is 33.4 Å². The molecule has 0 aromatic heterocycles. The van der Waals surface area contributed by atoms with Crippen LogP contribution in [0.2, 0.25) is 0 Å². The number of fused-ring (bicyclic) bond motifs is 19. The van der Waals surface area contributed by atoms with Crippen molar-refractivity contribution >= 4 is 38.6 Å². The third kappa shape index (κ3) is 8.01. The van der Waals surface area contributed by atoms with Crippen LogP contribution in [0, 0.1) is 0 Å². The van der Waals surface area contributed by atoms with E-state index in [1.165, 1.54) is 133 Å². The van der Waals surface area contributed by atoms with Gasteiger partial charge in [-0.2, -0.15) is 0 Å². The number of hydrogen-bond donors (Lipinski definition) is 0. The molecule has 0 aliphatic heterocycles. The highest BCUT2D eigenvalue weighted by molar-refractivity contribution is 6.22. The number of benzene rings is 11. The Labute approximate surface area is 500 Å². The van der Waals surface area contributed by atoms with Crippen LogP contribution in [0.4, 0.5) is 17.1 Å². The maximum absolute atomic E-state index is 2.63. The third-order valence-corrected chi connectivity index (χ3v) is 19.6. The molecule has 0 atom stereocenters. The average molecular weight is 1090 g/mol. The molecule has 11 aromatic carbocycles. The van der Waals surface area contributed by atoms with E-state index in [0.29, 0.717) is 0 Å². The second kappa shape index (κ2) is 18.6. The van der Waals surface area contributed by atoms with Gasteiger partial charge in [0.1, 0.15) is 0 Å². The van der Waals surface area contributed by atoms with Crippen LogP contribution in [0.5, 0.6) is 0 Å². The summed E-state index contributed by atoms with van der Waals surface area (Å²) in [6.45, 7) is 32.9. The van der Waals surface area contributed by atoms with E-state index in [9.17, 15) is 0 Å². The van der Waals surface area contributed by atoms with Gasteiger partial charge in [0.2, 0.25) is 0 Å². The molecule has 0 bridgehead atoms. The molecule has 0 saturated heterocycles. The topological polar surface area (TPSA) is 3.24 Å². The van der Waals surface area contributed by atoms with Crippen molar-refractivity contribution < 1.29 is 0 Å². The number of rotatable bonds is 6. The van der Waals surface area contributed by atoms with Crippen LogP contribution in [0.25, 0.3) is 54.9 Å². The molecule has 11 aromatic rings. The molecular formula is C83H79N. The van der Waals surface area contributed by atoms with E-state index >= 15 is 0 Å². The summed E-state index contributed by atoms with van der Waals surface area (Å²) in [5.41, 5.74) is 27.8. The fourth-order valence-corrected chi connectivity index (χ4v) is 15.2. The van der Waals surface area contributed by atoms with E-state index in [0.717, 1.165) is 11.4 Å². The third-order valence-electron chi connectivity index (χ3n) is 19.6. The molecule has 0 amide bonds. The van der Waals surface area contributed by atoms with E-state index in [2.05, 4.69) is 320 Å². The normalized spacial score (nSPS) is 14.6. The number of nitrogens with zero attached hydrogens (tertiary/aromatic N) is 1. The molecule has 0 fully saturated rings. The lowest BCUT2D eigenvalue weighted by Gasteiger charge is -2.37. The van der Waals surface area contributed by atoms with Gasteiger partial charge >= 0.3 is 0 Å². The van der Waals surface area contributed by atoms with Crippen LogP contribution in [-0.4, -0.2) is 0 Å². The first-order valence-electron chi connectivity index (χ1n) is 30.7. The maximum Gasteiger partial charge on any atom is 0.0735 e. The van der Waals surface area contributed by atoms with Gasteiger partial charge in [0.05, 0.1) is 11.1 Å². The largest absolute Gasteiger partial charge is 0.310 e. The second-order valence-corrected chi connectivity index (χ2v) is 29.3. The molecule has 0 radical (unpaired) electrons. The van der Waals surface area contributed by atoms with Crippen LogP contribution in [0.3, 0.4) is 0 Å². The van der Waals surface area contributed by atoms with Crippen molar-refractivity contribution in [1.82, 2.24) is 0 Å². The van der Waals surface area contributed by atoms with Gasteiger partial charge in [-0.1, -0.05) is 285 Å². The van der Waals surface area contributed by atoms with Gasteiger partial charge in [-0.3, -0.25) is 0 Å². The summed E-state index contributed by atoms with van der Waals surface area (Å²) in [5.74, 6) is 0.0173. The average Bonchev–Trinajstić information content (AvgIpc) is 1.49. The van der Waals surface area contributed by atoms with Crippen LogP contribution in [0.15, 0.2) is 218 Å². The van der Waals surface area contributed by atoms with E-state index in [1.807, 2.05) is 0 Å². The Morgan fingerprint density at radius 1 is 0.310 bits per heavy atom. The van der Waals surface area contributed by atoms with Crippen LogP contribution >= 0.6 is 0 Å². The standard InChI is InChI=1S/C83H79N/c1-78(2,3)54-36-31-51(32-37-54)72(52-33-38-55(39-34-52)79(4,5)6)53-35-48-64-67-50-71(84(58-44-40-56(41-45-58)80(7,8)9)59-46-42-57(43-47-59)81(10,11)12)74-73-65-27-17-15-23-60(65)61-24-16-18-28-66(61)75(73)83(77(74)76(67)82(13,14)70(64)49-53)68-29-21-19-25-62(68)63-26-20-22-30-69(63)83/h15-50,72H,1-14H3. The Hall–Kier alpha value is -8.26. The van der Waals surface area contributed by atoms with Crippen molar-refractivity contribution in [2.75, 3.05) is 4.90 Å². The fraction of sp³-hybridized carbons (Fsp3) is 0.253. The summed E-state index contributed by atoms with van der Waals surface area (Å²) in [7, 11) is 0. The maximum atomic E-state index is 2.63. The van der Waals surface area contributed by atoms with Crippen molar-refractivity contribution in [1.29, 1.82) is 0 Å². The van der Waals surface area contributed by atoms with E-state index < -0.39 is 10.8 Å². The van der Waals surface area contributed by atoms with Crippen molar-refractivity contribution in [3.63, 3.8) is 0 Å². The zero-order valence-electron chi connectivity index (χ0n) is 51.8. The molecule has 1 spiro atoms. The quantitative estimate of drug-likeness (QED) is 0.118. The summed E-state index contributed by atoms with van der Waals surface area (Å²) in [6.07, 6.45) is 0. The van der Waals surface area contributed by atoms with Gasteiger partial charge in [-0.25, -0.2) is 0 Å². The van der Waals surface area contributed by atoms with E-state index in [1.54, 1.807) is 0 Å². The SMILES string of the molecule is CC(C)(C)c1ccc(C(c2ccc(C(C)(C)C)cc2)c2ccc3c(c2)C(C)(C)c2c-3cc(N(c3ccc(C(C)(C)C)cc3)c3ccc(C(C)(C)C)cc3)c3c2C2(c4ccccc4-c4ccccc42)c2c-3c3ccccc3c3ccccc23)cc1. The first-order chi connectivity index (χ1) is 40.0. The van der Waals surface area contributed by atoms with Gasteiger partial charge in [0, 0.05) is 28.3 Å². The van der Waals surface area contributed by atoms with E-state index in [4.69, 9.17) is 0 Å². The van der Waals surface area contributed by atoms with Crippen molar-refractivity contribution in [2.24, 2.45) is 0 Å². The molecule has 0 saturated carbocycles. The van der Waals surface area contributed by atoms with Gasteiger partial charge in [-0.15, -0.1) is 0 Å². The molecule has 0 N–H and O–H groups in total. The lowest BCUT2D eigenvalue weighted by Crippen LogP contribution is -2.31. The zero-order valence-corrected chi connectivity index (χ0v) is 51.8. The van der Waals surface area contributed by atoms with Crippen molar-refractivity contribution in [2.45, 2.75) is 135 Å². The van der Waals surface area contributed by atoms with Gasteiger partial charge in [-0.05, 0) is 174 Å². The number of hydrogen-bond acceptors (Lipinski definition) is 1. The minimum Gasteiger partial charge on any atom is -0.310 e. The smallest absolute Gasteiger partial charge is 0.0735 e. The summed E-state index contributed by atoms with van der Waals surface area (Å²) in [5, 5.41) is 5.15. The summed E-state index contributed by atoms with van der Waals surface area (Å²) >= 11 is 0. The molecule has 416 valence electrons. The monoisotopic (exact) mass is 1090 g/mol. The lowest BCUT2D eigenvalue weighted by molar-refractivity contribution is 0.589. The molecule has 0 heterocycles. The molecule has 84 heavy (non-hydrogen) atoms. The molecule has 3 aliphatic rings. The predicted molar refractivity (Wildman–Crippen MR) is 359 cm³/mol.